The van der Waals surface area contributed by atoms with Crippen molar-refractivity contribution in [3.63, 3.8) is 0 Å². The highest BCUT2D eigenvalue weighted by atomic mass is 79.9. The van der Waals surface area contributed by atoms with Crippen LogP contribution >= 0.6 is 15.9 Å². The third kappa shape index (κ3) is 4.68. The standard InChI is InChI=1S/C12H19BrN2O2S/c1-10-9-11(5-6-12(10)13)18(16,17)14-7-4-8-15(2)3/h5-6,9,14H,4,7-8H2,1-3H3. The fourth-order valence-electron chi connectivity index (χ4n) is 1.47. The number of sulfonamides is 1. The zero-order valence-electron chi connectivity index (χ0n) is 10.9. The van der Waals surface area contributed by atoms with Gasteiger partial charge in [0.15, 0.2) is 0 Å². The van der Waals surface area contributed by atoms with Crippen molar-refractivity contribution in [2.45, 2.75) is 18.2 Å². The molecule has 18 heavy (non-hydrogen) atoms. The van der Waals surface area contributed by atoms with Gasteiger partial charge in [-0.2, -0.15) is 0 Å². The molecule has 0 aliphatic carbocycles. The summed E-state index contributed by atoms with van der Waals surface area (Å²) in [5.41, 5.74) is 0.908. The second-order valence-corrected chi connectivity index (χ2v) is 7.09. The quantitative estimate of drug-likeness (QED) is 0.809. The molecule has 0 heterocycles. The molecule has 1 aromatic rings. The number of hydrogen-bond donors (Lipinski definition) is 1. The molecule has 0 saturated heterocycles. The first kappa shape index (κ1) is 15.6. The number of benzene rings is 1. The minimum absolute atomic E-state index is 0.313. The van der Waals surface area contributed by atoms with Crippen molar-refractivity contribution in [3.05, 3.63) is 28.2 Å². The topological polar surface area (TPSA) is 49.4 Å². The van der Waals surface area contributed by atoms with E-state index in [1.54, 1.807) is 18.2 Å². The number of hydrogen-bond acceptors (Lipinski definition) is 3. The highest BCUT2D eigenvalue weighted by molar-refractivity contribution is 9.10. The lowest BCUT2D eigenvalue weighted by atomic mass is 10.2. The first-order valence-corrected chi connectivity index (χ1v) is 8.01. The summed E-state index contributed by atoms with van der Waals surface area (Å²) in [6.07, 6.45) is 0.793. The molecule has 6 heteroatoms. The lowest BCUT2D eigenvalue weighted by Gasteiger charge is -2.11. The van der Waals surface area contributed by atoms with Crippen molar-refractivity contribution < 1.29 is 8.42 Å². The lowest BCUT2D eigenvalue weighted by molar-refractivity contribution is 0.400. The second kappa shape index (κ2) is 6.65. The minimum atomic E-state index is -3.39. The molecule has 0 spiro atoms. The van der Waals surface area contributed by atoms with Gasteiger partial charge in [0.25, 0.3) is 0 Å². The number of nitrogens with zero attached hydrogens (tertiary/aromatic N) is 1. The molecule has 1 rings (SSSR count). The van der Waals surface area contributed by atoms with E-state index < -0.39 is 10.0 Å². The first-order chi connectivity index (χ1) is 8.33. The fourth-order valence-corrected chi connectivity index (χ4v) is 2.87. The largest absolute Gasteiger partial charge is 0.309 e. The number of aryl methyl sites for hydroxylation is 1. The predicted octanol–water partition coefficient (Wildman–Crippen LogP) is 1.99. The SMILES string of the molecule is Cc1cc(S(=O)(=O)NCCCN(C)C)ccc1Br. The summed E-state index contributed by atoms with van der Waals surface area (Å²) in [5.74, 6) is 0. The third-order valence-corrected chi connectivity index (χ3v) is 4.86. The van der Waals surface area contributed by atoms with Gasteiger partial charge in [0.2, 0.25) is 10.0 Å². The summed E-state index contributed by atoms with van der Waals surface area (Å²) in [4.78, 5) is 2.34. The summed E-state index contributed by atoms with van der Waals surface area (Å²) in [7, 11) is 0.543. The van der Waals surface area contributed by atoms with Crippen LogP contribution in [0, 0.1) is 6.92 Å². The van der Waals surface area contributed by atoms with Crippen LogP contribution in [0.25, 0.3) is 0 Å². The molecule has 0 aliphatic heterocycles. The minimum Gasteiger partial charge on any atom is -0.309 e. The molecule has 4 nitrogen and oxygen atoms in total. The molecule has 0 atom stereocenters. The maximum absolute atomic E-state index is 12.0. The van der Waals surface area contributed by atoms with Crippen LogP contribution in [0.5, 0.6) is 0 Å². The molecular weight excluding hydrogens is 316 g/mol. The Labute approximate surface area is 118 Å². The van der Waals surface area contributed by atoms with Gasteiger partial charge >= 0.3 is 0 Å². The molecule has 0 radical (unpaired) electrons. The van der Waals surface area contributed by atoms with E-state index in [4.69, 9.17) is 0 Å². The van der Waals surface area contributed by atoms with Crippen LogP contribution in [0.4, 0.5) is 0 Å². The van der Waals surface area contributed by atoms with Gasteiger partial charge in [0.05, 0.1) is 4.90 Å². The molecule has 102 valence electrons. The lowest BCUT2D eigenvalue weighted by Crippen LogP contribution is -2.27. The van der Waals surface area contributed by atoms with E-state index in [9.17, 15) is 8.42 Å². The smallest absolute Gasteiger partial charge is 0.240 e. The average molecular weight is 335 g/mol. The van der Waals surface area contributed by atoms with Crippen LogP contribution in [-0.4, -0.2) is 40.5 Å². The van der Waals surface area contributed by atoms with E-state index in [0.717, 1.165) is 23.0 Å². The number of rotatable bonds is 6. The second-order valence-electron chi connectivity index (χ2n) is 4.47. The normalized spacial score (nSPS) is 12.1. The van der Waals surface area contributed by atoms with Crippen molar-refractivity contribution in [1.29, 1.82) is 0 Å². The molecule has 0 aliphatic rings. The molecular formula is C12H19BrN2O2S. The summed E-state index contributed by atoms with van der Waals surface area (Å²) < 4.78 is 27.5. The van der Waals surface area contributed by atoms with Gasteiger partial charge < -0.3 is 4.90 Å². The van der Waals surface area contributed by atoms with Crippen molar-refractivity contribution in [1.82, 2.24) is 9.62 Å². The molecule has 0 fully saturated rings. The van der Waals surface area contributed by atoms with Gasteiger partial charge in [-0.3, -0.25) is 0 Å². The van der Waals surface area contributed by atoms with Crippen molar-refractivity contribution in [3.8, 4) is 0 Å². The number of nitrogens with one attached hydrogen (secondary N) is 1. The van der Waals surface area contributed by atoms with Gasteiger partial charge in [-0.15, -0.1) is 0 Å². The summed E-state index contributed by atoms with van der Waals surface area (Å²) in [5, 5.41) is 0. The third-order valence-electron chi connectivity index (χ3n) is 2.51. The van der Waals surface area contributed by atoms with Crippen LogP contribution in [-0.2, 0) is 10.0 Å². The number of halogens is 1. The van der Waals surface area contributed by atoms with E-state index >= 15 is 0 Å². The maximum Gasteiger partial charge on any atom is 0.240 e. The van der Waals surface area contributed by atoms with E-state index in [1.165, 1.54) is 0 Å². The highest BCUT2D eigenvalue weighted by Crippen LogP contribution is 2.19. The van der Waals surface area contributed by atoms with Crippen molar-refractivity contribution in [2.24, 2.45) is 0 Å². The van der Waals surface area contributed by atoms with Gasteiger partial charge in [-0.1, -0.05) is 15.9 Å². The van der Waals surface area contributed by atoms with Crippen LogP contribution < -0.4 is 4.72 Å². The Morgan fingerprint density at radius 1 is 1.33 bits per heavy atom. The Morgan fingerprint density at radius 2 is 2.00 bits per heavy atom. The van der Waals surface area contributed by atoms with Crippen LogP contribution in [0.1, 0.15) is 12.0 Å². The van der Waals surface area contributed by atoms with Crippen LogP contribution in [0.3, 0.4) is 0 Å². The monoisotopic (exact) mass is 334 g/mol. The summed E-state index contributed by atoms with van der Waals surface area (Å²) in [6.45, 7) is 3.19. The molecule has 1 aromatic carbocycles. The van der Waals surface area contributed by atoms with Crippen LogP contribution in [0.2, 0.25) is 0 Å². The summed E-state index contributed by atoms with van der Waals surface area (Å²) in [6, 6.07) is 5.02. The predicted molar refractivity (Wildman–Crippen MR) is 77.2 cm³/mol. The Kier molecular flexibility index (Phi) is 5.78. The molecule has 0 bridgehead atoms. The fraction of sp³-hybridized carbons (Fsp3) is 0.500. The highest BCUT2D eigenvalue weighted by Gasteiger charge is 2.13. The zero-order valence-corrected chi connectivity index (χ0v) is 13.3. The Morgan fingerprint density at radius 3 is 2.56 bits per heavy atom. The zero-order chi connectivity index (χ0) is 13.8. The van der Waals surface area contributed by atoms with Crippen LogP contribution in [0.15, 0.2) is 27.6 Å². The van der Waals surface area contributed by atoms with E-state index in [-0.39, 0.29) is 0 Å². The first-order valence-electron chi connectivity index (χ1n) is 5.73. The van der Waals surface area contributed by atoms with Gasteiger partial charge in [-0.05, 0) is 57.7 Å². The summed E-state index contributed by atoms with van der Waals surface area (Å²) >= 11 is 3.36. The van der Waals surface area contributed by atoms with E-state index in [2.05, 4.69) is 20.7 Å². The van der Waals surface area contributed by atoms with Crippen molar-refractivity contribution >= 4 is 26.0 Å². The van der Waals surface area contributed by atoms with Crippen molar-refractivity contribution in [2.75, 3.05) is 27.2 Å². The Bertz CT molecular complexity index is 501. The Hall–Kier alpha value is -0.430. The average Bonchev–Trinajstić information content (AvgIpc) is 2.28. The molecule has 0 amide bonds. The Balaban J connectivity index is 2.66. The van der Waals surface area contributed by atoms with Gasteiger partial charge in [0.1, 0.15) is 0 Å². The molecule has 0 unspecified atom stereocenters. The van der Waals surface area contributed by atoms with Gasteiger partial charge in [-0.25, -0.2) is 13.1 Å². The van der Waals surface area contributed by atoms with E-state index in [1.807, 2.05) is 25.9 Å². The van der Waals surface area contributed by atoms with E-state index in [0.29, 0.717) is 11.4 Å². The molecule has 0 saturated carbocycles. The van der Waals surface area contributed by atoms with Gasteiger partial charge in [0, 0.05) is 11.0 Å². The molecule has 1 N–H and O–H groups in total. The maximum atomic E-state index is 12.0. The molecule has 0 aromatic heterocycles.